The van der Waals surface area contributed by atoms with Gasteiger partial charge in [0.15, 0.2) is 4.77 Å². The van der Waals surface area contributed by atoms with Gasteiger partial charge >= 0.3 is 0 Å². The molecule has 2 heterocycles. The van der Waals surface area contributed by atoms with Gasteiger partial charge in [-0.1, -0.05) is 6.92 Å². The second-order valence-electron chi connectivity index (χ2n) is 4.63. The van der Waals surface area contributed by atoms with Crippen LogP contribution in [0.2, 0.25) is 0 Å². The van der Waals surface area contributed by atoms with E-state index in [0.717, 1.165) is 29.7 Å². The molecule has 0 radical (unpaired) electrons. The average molecular weight is 240 g/mol. The Balaban J connectivity index is 2.32. The van der Waals surface area contributed by atoms with Crippen LogP contribution < -0.4 is 4.90 Å². The van der Waals surface area contributed by atoms with Crippen LogP contribution in [0, 0.1) is 10.7 Å². The first kappa shape index (κ1) is 11.6. The van der Waals surface area contributed by atoms with E-state index in [9.17, 15) is 0 Å². The van der Waals surface area contributed by atoms with Gasteiger partial charge in [0.25, 0.3) is 0 Å². The fraction of sp³-hybridized carbons (Fsp3) is 0.818. The van der Waals surface area contributed by atoms with Crippen LogP contribution in [-0.4, -0.2) is 27.4 Å². The number of piperidine rings is 1. The van der Waals surface area contributed by atoms with Crippen LogP contribution in [-0.2, 0) is 6.54 Å². The van der Waals surface area contributed by atoms with Crippen LogP contribution in [0.5, 0.6) is 0 Å². The molecule has 0 amide bonds. The molecule has 90 valence electrons. The Bertz CT molecular complexity index is 408. The van der Waals surface area contributed by atoms with Crippen molar-refractivity contribution in [2.75, 3.05) is 11.4 Å². The molecule has 4 nitrogen and oxygen atoms in total. The van der Waals surface area contributed by atoms with Gasteiger partial charge in [0, 0.05) is 19.1 Å². The first-order valence-electron chi connectivity index (χ1n) is 6.07. The monoisotopic (exact) mass is 240 g/mol. The minimum atomic E-state index is 0.546. The zero-order valence-electron chi connectivity index (χ0n) is 10.2. The van der Waals surface area contributed by atoms with Crippen molar-refractivity contribution in [1.82, 2.24) is 14.8 Å². The summed E-state index contributed by atoms with van der Waals surface area (Å²) < 4.78 is 2.80. The van der Waals surface area contributed by atoms with Gasteiger partial charge in [0.1, 0.15) is 0 Å². The first-order chi connectivity index (χ1) is 7.65. The lowest BCUT2D eigenvalue weighted by atomic mass is 9.92. The largest absolute Gasteiger partial charge is 0.338 e. The van der Waals surface area contributed by atoms with E-state index < -0.39 is 0 Å². The molecule has 2 rings (SSSR count). The number of nitrogens with zero attached hydrogens (tertiary/aromatic N) is 3. The van der Waals surface area contributed by atoms with Crippen molar-refractivity contribution in [1.29, 1.82) is 0 Å². The molecule has 1 aliphatic heterocycles. The van der Waals surface area contributed by atoms with E-state index in [1.54, 1.807) is 0 Å². The second kappa shape index (κ2) is 4.57. The number of hydrogen-bond donors (Lipinski definition) is 1. The van der Waals surface area contributed by atoms with Gasteiger partial charge in [-0.15, -0.1) is 5.10 Å². The van der Waals surface area contributed by atoms with Crippen LogP contribution >= 0.6 is 12.2 Å². The van der Waals surface area contributed by atoms with Crippen molar-refractivity contribution in [3.05, 3.63) is 4.77 Å². The first-order valence-corrected chi connectivity index (χ1v) is 6.47. The fourth-order valence-corrected chi connectivity index (χ4v) is 2.69. The maximum absolute atomic E-state index is 5.23. The summed E-state index contributed by atoms with van der Waals surface area (Å²) in [5.74, 6) is 1.73. The normalized spacial score (nSPS) is 26.1. The number of aromatic nitrogens is 3. The highest BCUT2D eigenvalue weighted by atomic mass is 32.1. The molecular weight excluding hydrogens is 220 g/mol. The number of H-pyrrole nitrogens is 1. The molecule has 0 bridgehead atoms. The molecular formula is C11H20N4S. The zero-order chi connectivity index (χ0) is 11.7. The lowest BCUT2D eigenvalue weighted by Crippen LogP contribution is -2.43. The number of nitrogens with one attached hydrogen (secondary N) is 1. The smallest absolute Gasteiger partial charge is 0.225 e. The standard InChI is InChI=1S/C11H20N4S/c1-4-14-10(12-13-11(14)16)15-7-5-6-8(2)9(15)3/h8-9H,4-7H2,1-3H3,(H,13,16). The van der Waals surface area contributed by atoms with E-state index in [1.165, 1.54) is 12.8 Å². The molecule has 0 spiro atoms. The SMILES string of the molecule is CCn1c(N2CCCC(C)C2C)n[nH]c1=S. The predicted octanol–water partition coefficient (Wildman–Crippen LogP) is 2.59. The Kier molecular flexibility index (Phi) is 3.33. The molecule has 2 unspecified atom stereocenters. The molecule has 1 N–H and O–H groups in total. The highest BCUT2D eigenvalue weighted by Crippen LogP contribution is 2.27. The summed E-state index contributed by atoms with van der Waals surface area (Å²) in [6.07, 6.45) is 2.56. The quantitative estimate of drug-likeness (QED) is 0.807. The third-order valence-electron chi connectivity index (χ3n) is 3.68. The number of anilines is 1. The minimum absolute atomic E-state index is 0.546. The Morgan fingerprint density at radius 2 is 2.25 bits per heavy atom. The van der Waals surface area contributed by atoms with E-state index in [4.69, 9.17) is 12.2 Å². The van der Waals surface area contributed by atoms with Crippen LogP contribution in [0.15, 0.2) is 0 Å². The zero-order valence-corrected chi connectivity index (χ0v) is 11.0. The lowest BCUT2D eigenvalue weighted by Gasteiger charge is -2.38. The van der Waals surface area contributed by atoms with Gasteiger partial charge in [0.05, 0.1) is 0 Å². The van der Waals surface area contributed by atoms with E-state index >= 15 is 0 Å². The Hall–Kier alpha value is -0.840. The van der Waals surface area contributed by atoms with Crippen LogP contribution in [0.4, 0.5) is 5.95 Å². The molecule has 1 fully saturated rings. The summed E-state index contributed by atoms with van der Waals surface area (Å²) in [7, 11) is 0. The Morgan fingerprint density at radius 1 is 1.50 bits per heavy atom. The third kappa shape index (κ3) is 1.88. The van der Waals surface area contributed by atoms with Gasteiger partial charge in [0.2, 0.25) is 5.95 Å². The van der Waals surface area contributed by atoms with Crippen LogP contribution in [0.25, 0.3) is 0 Å². The van der Waals surface area contributed by atoms with Crippen molar-refractivity contribution in [2.45, 2.75) is 46.2 Å². The van der Waals surface area contributed by atoms with Crippen LogP contribution in [0.1, 0.15) is 33.6 Å². The summed E-state index contributed by atoms with van der Waals surface area (Å²) >= 11 is 5.23. The molecule has 5 heteroatoms. The molecule has 1 saturated heterocycles. The topological polar surface area (TPSA) is 36.9 Å². The number of hydrogen-bond acceptors (Lipinski definition) is 3. The fourth-order valence-electron chi connectivity index (χ4n) is 2.43. The maximum atomic E-state index is 5.23. The summed E-state index contributed by atoms with van der Waals surface area (Å²) in [6.45, 7) is 8.66. The molecule has 16 heavy (non-hydrogen) atoms. The van der Waals surface area contributed by atoms with Gasteiger partial charge in [-0.25, -0.2) is 5.10 Å². The molecule has 2 atom stereocenters. The van der Waals surface area contributed by atoms with Crippen molar-refractivity contribution in [3.63, 3.8) is 0 Å². The molecule has 1 aromatic rings. The second-order valence-corrected chi connectivity index (χ2v) is 5.01. The highest BCUT2D eigenvalue weighted by Gasteiger charge is 2.27. The molecule has 0 aliphatic carbocycles. The van der Waals surface area contributed by atoms with E-state index in [0.29, 0.717) is 6.04 Å². The summed E-state index contributed by atoms with van der Waals surface area (Å²) in [6, 6.07) is 0.546. The summed E-state index contributed by atoms with van der Waals surface area (Å²) in [4.78, 5) is 2.38. The molecule has 1 aromatic heterocycles. The third-order valence-corrected chi connectivity index (χ3v) is 4.00. The predicted molar refractivity (Wildman–Crippen MR) is 68.3 cm³/mol. The van der Waals surface area contributed by atoms with Gasteiger partial charge < -0.3 is 4.90 Å². The Labute approximate surface area is 102 Å². The molecule has 0 saturated carbocycles. The number of aromatic amines is 1. The van der Waals surface area contributed by atoms with Gasteiger partial charge in [-0.3, -0.25) is 4.57 Å². The van der Waals surface area contributed by atoms with E-state index in [-0.39, 0.29) is 0 Å². The minimum Gasteiger partial charge on any atom is -0.338 e. The van der Waals surface area contributed by atoms with Gasteiger partial charge in [-0.05, 0) is 44.8 Å². The summed E-state index contributed by atoms with van der Waals surface area (Å²) in [5.41, 5.74) is 0. The summed E-state index contributed by atoms with van der Waals surface area (Å²) in [5, 5.41) is 7.26. The maximum Gasteiger partial charge on any atom is 0.225 e. The van der Waals surface area contributed by atoms with Crippen molar-refractivity contribution in [3.8, 4) is 0 Å². The van der Waals surface area contributed by atoms with Crippen molar-refractivity contribution < 1.29 is 0 Å². The lowest BCUT2D eigenvalue weighted by molar-refractivity contribution is 0.356. The van der Waals surface area contributed by atoms with E-state index in [1.807, 2.05) is 0 Å². The molecule has 1 aliphatic rings. The van der Waals surface area contributed by atoms with Gasteiger partial charge in [-0.2, -0.15) is 0 Å². The van der Waals surface area contributed by atoms with Crippen LogP contribution in [0.3, 0.4) is 0 Å². The van der Waals surface area contributed by atoms with E-state index in [2.05, 4.69) is 40.4 Å². The highest BCUT2D eigenvalue weighted by molar-refractivity contribution is 7.71. The molecule has 0 aromatic carbocycles. The number of rotatable bonds is 2. The van der Waals surface area contributed by atoms with Crippen molar-refractivity contribution >= 4 is 18.2 Å². The average Bonchev–Trinajstić information content (AvgIpc) is 2.63. The Morgan fingerprint density at radius 3 is 2.94 bits per heavy atom. The van der Waals surface area contributed by atoms with Crippen molar-refractivity contribution in [2.24, 2.45) is 5.92 Å².